The predicted molar refractivity (Wildman–Crippen MR) is 58.2 cm³/mol. The first-order valence-electron chi connectivity index (χ1n) is 5.50. The minimum absolute atomic E-state index is 0.142. The number of carbonyl (C=O) groups excluding carboxylic acids is 2. The van der Waals surface area contributed by atoms with E-state index in [-0.39, 0.29) is 6.42 Å². The van der Waals surface area contributed by atoms with Crippen LogP contribution in [0, 0.1) is 5.92 Å². The molecule has 0 heterocycles. The number of rotatable bonds is 3. The van der Waals surface area contributed by atoms with Gasteiger partial charge in [-0.1, -0.05) is 0 Å². The number of carbonyl (C=O) groups is 2. The van der Waals surface area contributed by atoms with Gasteiger partial charge in [0.25, 0.3) is 0 Å². The van der Waals surface area contributed by atoms with E-state index in [0.29, 0.717) is 0 Å². The average Bonchev–Trinajstić information content (AvgIpc) is 2.89. The number of alkyl carbamates (subject to hydrolysis) is 1. The summed E-state index contributed by atoms with van der Waals surface area (Å²) >= 11 is 0. The lowest BCUT2D eigenvalue weighted by Crippen LogP contribution is -2.48. The van der Waals surface area contributed by atoms with E-state index in [0.717, 1.165) is 7.11 Å². The van der Waals surface area contributed by atoms with E-state index < -0.39 is 35.5 Å². The van der Waals surface area contributed by atoms with Crippen LogP contribution in [-0.4, -0.2) is 36.7 Å². The molecule has 1 aliphatic rings. The van der Waals surface area contributed by atoms with Gasteiger partial charge in [0.05, 0.1) is 13.0 Å². The van der Waals surface area contributed by atoms with Crippen LogP contribution >= 0.6 is 0 Å². The second-order valence-corrected chi connectivity index (χ2v) is 5.23. The fourth-order valence-electron chi connectivity index (χ4n) is 1.69. The van der Waals surface area contributed by atoms with Crippen LogP contribution in [0.3, 0.4) is 0 Å². The third-order valence-corrected chi connectivity index (χ3v) is 2.59. The number of ether oxygens (including phenoxy) is 2. The molecule has 18 heavy (non-hydrogen) atoms. The number of hydrogen-bond acceptors (Lipinski definition) is 4. The van der Waals surface area contributed by atoms with Crippen molar-refractivity contribution >= 4 is 12.1 Å². The largest absolute Gasteiger partial charge is 0.467 e. The van der Waals surface area contributed by atoms with Crippen LogP contribution < -0.4 is 5.32 Å². The molecule has 0 aliphatic heterocycles. The molecule has 104 valence electrons. The molecule has 7 heteroatoms. The van der Waals surface area contributed by atoms with Gasteiger partial charge >= 0.3 is 12.1 Å². The van der Waals surface area contributed by atoms with Gasteiger partial charge in [-0.25, -0.2) is 18.4 Å². The zero-order valence-electron chi connectivity index (χ0n) is 10.8. The highest BCUT2D eigenvalue weighted by Gasteiger charge is 2.66. The number of halogens is 2. The fourth-order valence-corrected chi connectivity index (χ4v) is 1.69. The molecule has 1 saturated carbocycles. The van der Waals surface area contributed by atoms with Gasteiger partial charge in [-0.3, -0.25) is 0 Å². The summed E-state index contributed by atoms with van der Waals surface area (Å²) in [7, 11) is 1.09. The molecule has 1 rings (SSSR count). The Kier molecular flexibility index (Phi) is 3.83. The molecular weight excluding hydrogens is 248 g/mol. The summed E-state index contributed by atoms with van der Waals surface area (Å²) in [6, 6.07) is 0. The number of esters is 1. The number of amides is 1. The van der Waals surface area contributed by atoms with Crippen molar-refractivity contribution in [1.29, 1.82) is 0 Å². The fraction of sp³-hybridized carbons (Fsp3) is 0.818. The third-order valence-electron chi connectivity index (χ3n) is 2.59. The Morgan fingerprint density at radius 2 is 1.94 bits per heavy atom. The van der Waals surface area contributed by atoms with Gasteiger partial charge in [0.15, 0.2) is 0 Å². The van der Waals surface area contributed by atoms with E-state index >= 15 is 0 Å². The summed E-state index contributed by atoms with van der Waals surface area (Å²) in [4.78, 5) is 23.0. The molecule has 0 aromatic heterocycles. The second kappa shape index (κ2) is 4.70. The van der Waals surface area contributed by atoms with Gasteiger partial charge < -0.3 is 14.8 Å². The summed E-state index contributed by atoms with van der Waals surface area (Å²) in [6.07, 6.45) is -3.74. The molecule has 1 amide bonds. The highest BCUT2D eigenvalue weighted by Crippen LogP contribution is 2.48. The number of nitrogens with one attached hydrogen (secondary N) is 1. The van der Waals surface area contributed by atoms with Crippen LogP contribution in [0.4, 0.5) is 13.6 Å². The average molecular weight is 265 g/mol. The van der Waals surface area contributed by atoms with E-state index in [9.17, 15) is 18.4 Å². The highest BCUT2D eigenvalue weighted by molar-refractivity contribution is 5.89. The molecule has 5 nitrogen and oxygen atoms in total. The molecule has 1 N–H and O–H groups in total. The third kappa shape index (κ3) is 3.08. The first kappa shape index (κ1) is 14.7. The van der Waals surface area contributed by atoms with Crippen LogP contribution in [0.15, 0.2) is 0 Å². The molecule has 0 radical (unpaired) electrons. The molecular formula is C11H17F2NO4. The summed E-state index contributed by atoms with van der Waals surface area (Å²) in [5.74, 6) is -2.10. The topological polar surface area (TPSA) is 64.6 Å². The minimum Gasteiger partial charge on any atom is -0.467 e. The van der Waals surface area contributed by atoms with Gasteiger partial charge in [-0.05, 0) is 27.2 Å². The molecule has 1 aliphatic carbocycles. The van der Waals surface area contributed by atoms with Crippen molar-refractivity contribution in [3.63, 3.8) is 0 Å². The van der Waals surface area contributed by atoms with Gasteiger partial charge in [0.2, 0.25) is 6.43 Å². The zero-order valence-corrected chi connectivity index (χ0v) is 10.8. The van der Waals surface area contributed by atoms with Gasteiger partial charge in [-0.15, -0.1) is 0 Å². The van der Waals surface area contributed by atoms with E-state index in [1.165, 1.54) is 0 Å². The van der Waals surface area contributed by atoms with Gasteiger partial charge in [0.1, 0.15) is 11.1 Å². The standard InChI is InChI=1S/C11H17F2NO4/c1-10(2,3)18-9(16)14-11(8(15)17-4)5-6(11)7(12)13/h6-7H,5H2,1-4H3,(H,14,16). The Hall–Kier alpha value is -1.40. The maximum Gasteiger partial charge on any atom is 0.408 e. The van der Waals surface area contributed by atoms with Crippen molar-refractivity contribution < 1.29 is 27.8 Å². The van der Waals surface area contributed by atoms with E-state index in [4.69, 9.17) is 4.74 Å². The van der Waals surface area contributed by atoms with Crippen molar-refractivity contribution in [1.82, 2.24) is 5.32 Å². The number of alkyl halides is 2. The molecule has 2 unspecified atom stereocenters. The number of hydrogen-bond donors (Lipinski definition) is 1. The van der Waals surface area contributed by atoms with Crippen molar-refractivity contribution in [3.05, 3.63) is 0 Å². The number of methoxy groups -OCH3 is 1. The summed E-state index contributed by atoms with van der Waals surface area (Å²) < 4.78 is 34.6. The Labute approximate surface area is 104 Å². The van der Waals surface area contributed by atoms with Crippen molar-refractivity contribution in [3.8, 4) is 0 Å². The second-order valence-electron chi connectivity index (χ2n) is 5.23. The van der Waals surface area contributed by atoms with Crippen LogP contribution in [0.25, 0.3) is 0 Å². The van der Waals surface area contributed by atoms with Crippen LogP contribution in [0.5, 0.6) is 0 Å². The summed E-state index contributed by atoms with van der Waals surface area (Å²) in [5.41, 5.74) is -2.41. The molecule has 0 aromatic rings. The maximum absolute atomic E-state index is 12.6. The van der Waals surface area contributed by atoms with Crippen molar-refractivity contribution in [2.45, 2.75) is 44.8 Å². The van der Waals surface area contributed by atoms with E-state index in [1.807, 2.05) is 0 Å². The Morgan fingerprint density at radius 3 is 2.28 bits per heavy atom. The molecule has 0 bridgehead atoms. The van der Waals surface area contributed by atoms with Crippen LogP contribution in [0.2, 0.25) is 0 Å². The SMILES string of the molecule is COC(=O)C1(NC(=O)OC(C)(C)C)CC1C(F)F. The van der Waals surface area contributed by atoms with Crippen LogP contribution in [-0.2, 0) is 14.3 Å². The summed E-state index contributed by atoms with van der Waals surface area (Å²) in [6.45, 7) is 4.90. The first-order valence-corrected chi connectivity index (χ1v) is 5.50. The first-order chi connectivity index (χ1) is 8.12. The maximum atomic E-state index is 12.6. The van der Waals surface area contributed by atoms with Gasteiger partial charge in [-0.2, -0.15) is 0 Å². The Balaban J connectivity index is 2.72. The van der Waals surface area contributed by atoms with Crippen molar-refractivity contribution in [2.24, 2.45) is 5.92 Å². The normalized spacial score (nSPS) is 26.7. The lowest BCUT2D eigenvalue weighted by atomic mass is 10.2. The van der Waals surface area contributed by atoms with E-state index in [2.05, 4.69) is 10.1 Å². The molecule has 0 aromatic carbocycles. The smallest absolute Gasteiger partial charge is 0.408 e. The lowest BCUT2D eigenvalue weighted by molar-refractivity contribution is -0.145. The van der Waals surface area contributed by atoms with Crippen LogP contribution in [0.1, 0.15) is 27.2 Å². The minimum atomic E-state index is -2.70. The molecule has 1 fully saturated rings. The molecule has 2 atom stereocenters. The monoisotopic (exact) mass is 265 g/mol. The van der Waals surface area contributed by atoms with Crippen molar-refractivity contribution in [2.75, 3.05) is 7.11 Å². The zero-order chi connectivity index (χ0) is 14.1. The quantitative estimate of drug-likeness (QED) is 0.789. The highest BCUT2D eigenvalue weighted by atomic mass is 19.3. The predicted octanol–water partition coefficient (Wildman–Crippen LogP) is 1.71. The lowest BCUT2D eigenvalue weighted by Gasteiger charge is -2.23. The Morgan fingerprint density at radius 1 is 1.39 bits per heavy atom. The van der Waals surface area contributed by atoms with Gasteiger partial charge in [0, 0.05) is 0 Å². The molecule has 0 spiro atoms. The Bertz CT molecular complexity index is 353. The summed E-state index contributed by atoms with van der Waals surface area (Å²) in [5, 5.41) is 2.19. The molecule has 0 saturated heterocycles. The van der Waals surface area contributed by atoms with E-state index in [1.54, 1.807) is 20.8 Å².